The molecule has 0 fully saturated rings. The van der Waals surface area contributed by atoms with E-state index in [0.717, 1.165) is 0 Å². The number of benzene rings is 1. The van der Waals surface area contributed by atoms with Gasteiger partial charge in [-0.25, -0.2) is 4.79 Å². The maximum atomic E-state index is 11.2. The Labute approximate surface area is 79.2 Å². The van der Waals surface area contributed by atoms with Gasteiger partial charge in [0.2, 0.25) is 0 Å². The van der Waals surface area contributed by atoms with Gasteiger partial charge in [-0.3, -0.25) is 0 Å². The van der Waals surface area contributed by atoms with E-state index in [-0.39, 0.29) is 16.9 Å². The van der Waals surface area contributed by atoms with E-state index in [1.807, 2.05) is 0 Å². The molecule has 1 aromatic carbocycles. The first-order valence-electron chi connectivity index (χ1n) is 4.01. The summed E-state index contributed by atoms with van der Waals surface area (Å²) in [4.78, 5) is 11.2. The highest BCUT2D eigenvalue weighted by Crippen LogP contribution is 2.41. The monoisotopic (exact) mass is 196 g/mol. The second kappa shape index (κ2) is 2.88. The molecule has 0 bridgehead atoms. The first-order valence-corrected chi connectivity index (χ1v) is 4.01. The fourth-order valence-electron chi connectivity index (χ4n) is 1.48. The van der Waals surface area contributed by atoms with Crippen LogP contribution in [0.2, 0.25) is 0 Å². The van der Waals surface area contributed by atoms with Crippen molar-refractivity contribution in [2.24, 2.45) is 0 Å². The molecule has 1 aromatic rings. The number of cyclic esters (lactones) is 1. The lowest BCUT2D eigenvalue weighted by Crippen LogP contribution is -2.03. The standard InChI is InChI=1S/C9H8O5/c10-3-6-7-4(9(13)14-6)1-2-5(11)8(7)12/h1-2,6,10-12H,3H2/t6-/m0/s1. The van der Waals surface area contributed by atoms with Crippen LogP contribution in [0.4, 0.5) is 0 Å². The van der Waals surface area contributed by atoms with Crippen molar-refractivity contribution in [2.45, 2.75) is 6.10 Å². The maximum absolute atomic E-state index is 11.2. The summed E-state index contributed by atoms with van der Waals surface area (Å²) in [6.45, 7) is -0.421. The second-order valence-corrected chi connectivity index (χ2v) is 2.97. The fraction of sp³-hybridized carbons (Fsp3) is 0.222. The lowest BCUT2D eigenvalue weighted by Gasteiger charge is -2.08. The van der Waals surface area contributed by atoms with Crippen molar-refractivity contribution < 1.29 is 24.9 Å². The Bertz CT molecular complexity index is 398. The molecule has 0 spiro atoms. The van der Waals surface area contributed by atoms with Crippen molar-refractivity contribution >= 4 is 5.97 Å². The molecule has 0 amide bonds. The second-order valence-electron chi connectivity index (χ2n) is 2.97. The molecule has 3 N–H and O–H groups in total. The number of hydrogen-bond acceptors (Lipinski definition) is 5. The molecule has 1 heterocycles. The average molecular weight is 196 g/mol. The van der Waals surface area contributed by atoms with Crippen LogP contribution in [0.15, 0.2) is 12.1 Å². The third-order valence-corrected chi connectivity index (χ3v) is 2.15. The third-order valence-electron chi connectivity index (χ3n) is 2.15. The Hall–Kier alpha value is -1.75. The van der Waals surface area contributed by atoms with E-state index >= 15 is 0 Å². The van der Waals surface area contributed by atoms with Crippen LogP contribution in [0.3, 0.4) is 0 Å². The van der Waals surface area contributed by atoms with Crippen LogP contribution in [-0.4, -0.2) is 27.9 Å². The molecule has 0 radical (unpaired) electrons. The highest BCUT2D eigenvalue weighted by molar-refractivity contribution is 5.95. The number of aromatic hydroxyl groups is 2. The van der Waals surface area contributed by atoms with Crippen LogP contribution >= 0.6 is 0 Å². The lowest BCUT2D eigenvalue weighted by atomic mass is 10.0. The van der Waals surface area contributed by atoms with E-state index in [4.69, 9.17) is 9.84 Å². The molecule has 0 aliphatic carbocycles. The number of fused-ring (bicyclic) bond motifs is 1. The molecule has 1 aliphatic heterocycles. The fourth-order valence-corrected chi connectivity index (χ4v) is 1.48. The van der Waals surface area contributed by atoms with Crippen molar-refractivity contribution in [1.82, 2.24) is 0 Å². The number of rotatable bonds is 1. The average Bonchev–Trinajstić information content (AvgIpc) is 2.50. The van der Waals surface area contributed by atoms with Crippen LogP contribution < -0.4 is 0 Å². The number of hydrogen-bond donors (Lipinski definition) is 3. The zero-order valence-electron chi connectivity index (χ0n) is 7.10. The number of phenols is 2. The first-order chi connectivity index (χ1) is 6.65. The Morgan fingerprint density at radius 1 is 1.36 bits per heavy atom. The van der Waals surface area contributed by atoms with Crippen LogP contribution in [0.25, 0.3) is 0 Å². The van der Waals surface area contributed by atoms with Gasteiger partial charge in [0.25, 0.3) is 0 Å². The number of phenolic OH excluding ortho intramolecular Hbond substituents is 2. The van der Waals surface area contributed by atoms with Crippen molar-refractivity contribution in [2.75, 3.05) is 6.61 Å². The summed E-state index contributed by atoms with van der Waals surface area (Å²) in [6.07, 6.45) is -0.885. The predicted molar refractivity (Wildman–Crippen MR) is 45.0 cm³/mol. The molecular formula is C9H8O5. The summed E-state index contributed by atoms with van der Waals surface area (Å²) in [6, 6.07) is 2.55. The summed E-state index contributed by atoms with van der Waals surface area (Å²) in [5, 5.41) is 27.5. The quantitative estimate of drug-likeness (QED) is 0.444. The van der Waals surface area contributed by atoms with E-state index in [1.165, 1.54) is 12.1 Å². The Kier molecular flexibility index (Phi) is 1.82. The zero-order valence-corrected chi connectivity index (χ0v) is 7.10. The minimum atomic E-state index is -0.885. The summed E-state index contributed by atoms with van der Waals surface area (Å²) < 4.78 is 4.76. The van der Waals surface area contributed by atoms with E-state index < -0.39 is 24.4 Å². The lowest BCUT2D eigenvalue weighted by molar-refractivity contribution is 0.0231. The number of aliphatic hydroxyl groups is 1. The van der Waals surface area contributed by atoms with Crippen molar-refractivity contribution in [3.05, 3.63) is 23.3 Å². The normalized spacial score (nSPS) is 19.2. The Morgan fingerprint density at radius 3 is 2.71 bits per heavy atom. The molecule has 0 saturated heterocycles. The van der Waals surface area contributed by atoms with Crippen molar-refractivity contribution in [1.29, 1.82) is 0 Å². The van der Waals surface area contributed by atoms with Gasteiger partial charge in [0.05, 0.1) is 17.7 Å². The molecule has 0 saturated carbocycles. The SMILES string of the molecule is O=C1O[C@@H](CO)c2c1ccc(O)c2O. The molecule has 5 heteroatoms. The minimum absolute atomic E-state index is 0.150. The van der Waals surface area contributed by atoms with Gasteiger partial charge in [0.1, 0.15) is 0 Å². The molecule has 14 heavy (non-hydrogen) atoms. The van der Waals surface area contributed by atoms with E-state index in [0.29, 0.717) is 0 Å². The third kappa shape index (κ3) is 1.03. The topological polar surface area (TPSA) is 87.0 Å². The minimum Gasteiger partial charge on any atom is -0.504 e. The van der Waals surface area contributed by atoms with Crippen LogP contribution in [-0.2, 0) is 4.74 Å². The molecule has 1 aliphatic rings. The number of carbonyl (C=O) groups is 1. The Morgan fingerprint density at radius 2 is 2.07 bits per heavy atom. The summed E-state index contributed by atoms with van der Waals surface area (Å²) in [7, 11) is 0. The van der Waals surface area contributed by atoms with Gasteiger partial charge in [-0.05, 0) is 12.1 Å². The van der Waals surface area contributed by atoms with Crippen molar-refractivity contribution in [3.63, 3.8) is 0 Å². The van der Waals surface area contributed by atoms with Gasteiger partial charge in [0.15, 0.2) is 17.6 Å². The van der Waals surface area contributed by atoms with Gasteiger partial charge in [-0.1, -0.05) is 0 Å². The molecule has 0 aromatic heterocycles. The highest BCUT2D eigenvalue weighted by atomic mass is 16.6. The van der Waals surface area contributed by atoms with Gasteiger partial charge in [-0.2, -0.15) is 0 Å². The number of ether oxygens (including phenoxy) is 1. The first kappa shape index (κ1) is 8.83. The van der Waals surface area contributed by atoms with E-state index in [9.17, 15) is 15.0 Å². The summed E-state index contributed by atoms with van der Waals surface area (Å²) in [5.41, 5.74) is 0.330. The van der Waals surface area contributed by atoms with Gasteiger partial charge in [-0.15, -0.1) is 0 Å². The summed E-state index contributed by atoms with van der Waals surface area (Å²) in [5.74, 6) is -1.35. The number of esters is 1. The van der Waals surface area contributed by atoms with Crippen LogP contribution in [0, 0.1) is 0 Å². The van der Waals surface area contributed by atoms with E-state index in [2.05, 4.69) is 0 Å². The molecule has 1 atom stereocenters. The van der Waals surface area contributed by atoms with Crippen LogP contribution in [0.1, 0.15) is 22.0 Å². The number of carbonyl (C=O) groups excluding carboxylic acids is 1. The van der Waals surface area contributed by atoms with Gasteiger partial charge >= 0.3 is 5.97 Å². The molecular weight excluding hydrogens is 188 g/mol. The van der Waals surface area contributed by atoms with E-state index in [1.54, 1.807) is 0 Å². The Balaban J connectivity index is 2.63. The van der Waals surface area contributed by atoms with Gasteiger partial charge < -0.3 is 20.1 Å². The highest BCUT2D eigenvalue weighted by Gasteiger charge is 2.34. The summed E-state index contributed by atoms with van der Waals surface area (Å²) >= 11 is 0. The van der Waals surface area contributed by atoms with Gasteiger partial charge in [0, 0.05) is 0 Å². The largest absolute Gasteiger partial charge is 0.504 e. The molecule has 2 rings (SSSR count). The maximum Gasteiger partial charge on any atom is 0.339 e. The predicted octanol–water partition coefficient (Wildman–Crippen LogP) is 0.302. The molecule has 5 nitrogen and oxygen atoms in total. The van der Waals surface area contributed by atoms with Crippen molar-refractivity contribution in [3.8, 4) is 11.5 Å². The number of aliphatic hydroxyl groups excluding tert-OH is 1. The molecule has 74 valence electrons. The smallest absolute Gasteiger partial charge is 0.339 e. The zero-order chi connectivity index (χ0) is 10.3. The van der Waals surface area contributed by atoms with Crippen LogP contribution in [0.5, 0.6) is 11.5 Å². The molecule has 0 unspecified atom stereocenters.